The molecule has 1 aromatic rings. The zero-order valence-corrected chi connectivity index (χ0v) is 8.92. The Kier molecular flexibility index (Phi) is 3.60. The molecule has 0 saturated heterocycles. The number of nitrogens with two attached hydrogens (primary N) is 1. The Morgan fingerprint density at radius 1 is 1.43 bits per heavy atom. The fourth-order valence-corrected chi connectivity index (χ4v) is 2.36. The summed E-state index contributed by atoms with van der Waals surface area (Å²) < 4.78 is 23.1. The van der Waals surface area contributed by atoms with Crippen LogP contribution in [0.5, 0.6) is 0 Å². The zero-order chi connectivity index (χ0) is 10.6. The smallest absolute Gasteiger partial charge is 0.179 e. The van der Waals surface area contributed by atoms with Gasteiger partial charge in [-0.2, -0.15) is 0 Å². The van der Waals surface area contributed by atoms with Crippen LogP contribution in [0.1, 0.15) is 19.0 Å². The Morgan fingerprint density at radius 2 is 2.14 bits per heavy atom. The maximum Gasteiger partial charge on any atom is 0.179 e. The van der Waals surface area contributed by atoms with Gasteiger partial charge >= 0.3 is 0 Å². The van der Waals surface area contributed by atoms with Gasteiger partial charge in [-0.25, -0.2) is 8.42 Å². The van der Waals surface area contributed by atoms with Crippen molar-refractivity contribution in [3.63, 3.8) is 0 Å². The van der Waals surface area contributed by atoms with Crippen molar-refractivity contribution in [3.05, 3.63) is 24.0 Å². The van der Waals surface area contributed by atoms with Gasteiger partial charge in [0.05, 0.1) is 16.3 Å². The van der Waals surface area contributed by atoms with Crippen LogP contribution in [0.3, 0.4) is 0 Å². The van der Waals surface area contributed by atoms with Crippen LogP contribution in [-0.4, -0.2) is 19.2 Å². The molecule has 5 heteroatoms. The van der Waals surface area contributed by atoms with Gasteiger partial charge in [-0.15, -0.1) is 0 Å². The van der Waals surface area contributed by atoms with E-state index in [2.05, 4.69) is 4.98 Å². The predicted octanol–water partition coefficient (Wildman–Crippen LogP) is 0.724. The molecule has 0 amide bonds. The molecule has 0 aliphatic rings. The van der Waals surface area contributed by atoms with Crippen LogP contribution < -0.4 is 5.73 Å². The van der Waals surface area contributed by atoms with E-state index in [9.17, 15) is 8.42 Å². The van der Waals surface area contributed by atoms with E-state index in [1.165, 1.54) is 6.20 Å². The predicted molar refractivity (Wildman–Crippen MR) is 54.5 cm³/mol. The molecule has 0 atom stereocenters. The van der Waals surface area contributed by atoms with Crippen LogP contribution in [0.15, 0.2) is 23.2 Å². The molecular weight excluding hydrogens is 200 g/mol. The lowest BCUT2D eigenvalue weighted by Gasteiger charge is -2.02. The third kappa shape index (κ3) is 2.52. The van der Waals surface area contributed by atoms with Gasteiger partial charge in [-0.05, 0) is 18.6 Å². The topological polar surface area (TPSA) is 73.0 Å². The van der Waals surface area contributed by atoms with E-state index in [1.54, 1.807) is 12.1 Å². The third-order valence-electron chi connectivity index (χ3n) is 1.84. The second-order valence-corrected chi connectivity index (χ2v) is 5.12. The highest BCUT2D eigenvalue weighted by Gasteiger charge is 2.12. The molecule has 0 spiro atoms. The van der Waals surface area contributed by atoms with E-state index in [-0.39, 0.29) is 10.6 Å². The lowest BCUT2D eigenvalue weighted by Crippen LogP contribution is -2.07. The van der Waals surface area contributed by atoms with E-state index in [0.717, 1.165) is 0 Å². The number of aromatic nitrogens is 1. The summed E-state index contributed by atoms with van der Waals surface area (Å²) in [6.07, 6.45) is 1.98. The first kappa shape index (κ1) is 11.1. The minimum atomic E-state index is -3.14. The number of hydrogen-bond acceptors (Lipinski definition) is 4. The van der Waals surface area contributed by atoms with Gasteiger partial charge in [0.15, 0.2) is 9.84 Å². The molecule has 78 valence electrons. The first-order valence-electron chi connectivity index (χ1n) is 4.48. The number of rotatable bonds is 4. The van der Waals surface area contributed by atoms with Crippen molar-refractivity contribution < 1.29 is 8.42 Å². The number of sulfone groups is 1. The van der Waals surface area contributed by atoms with Gasteiger partial charge < -0.3 is 5.73 Å². The Morgan fingerprint density at radius 3 is 2.57 bits per heavy atom. The van der Waals surface area contributed by atoms with Crippen molar-refractivity contribution in [2.75, 3.05) is 5.75 Å². The molecule has 0 radical (unpaired) electrons. The summed E-state index contributed by atoms with van der Waals surface area (Å²) in [6.45, 7) is 2.16. The quantitative estimate of drug-likeness (QED) is 0.801. The summed E-state index contributed by atoms with van der Waals surface area (Å²) in [5.41, 5.74) is 6.05. The van der Waals surface area contributed by atoms with E-state index in [0.29, 0.717) is 18.7 Å². The molecular formula is C9H14N2O2S. The molecule has 0 unspecified atom stereocenters. The second-order valence-electron chi connectivity index (χ2n) is 3.01. The molecule has 2 N–H and O–H groups in total. The van der Waals surface area contributed by atoms with Gasteiger partial charge in [-0.3, -0.25) is 4.98 Å². The summed E-state index contributed by atoms with van der Waals surface area (Å²) in [5, 5.41) is 0. The first-order valence-corrected chi connectivity index (χ1v) is 6.13. The Hall–Kier alpha value is -0.940. The van der Waals surface area contributed by atoms with Crippen molar-refractivity contribution in [2.45, 2.75) is 24.8 Å². The van der Waals surface area contributed by atoms with Crippen LogP contribution in [0.2, 0.25) is 0 Å². The minimum Gasteiger partial charge on any atom is -0.325 e. The maximum absolute atomic E-state index is 11.6. The highest BCUT2D eigenvalue weighted by atomic mass is 32.2. The summed E-state index contributed by atoms with van der Waals surface area (Å²) >= 11 is 0. The van der Waals surface area contributed by atoms with Gasteiger partial charge in [0.25, 0.3) is 0 Å². The minimum absolute atomic E-state index is 0.163. The standard InChI is InChI=1S/C9H14N2O2S/c1-2-5-14(12,13)9-4-3-8(6-10)11-7-9/h3-4,7H,2,5-6,10H2,1H3. The van der Waals surface area contributed by atoms with Crippen LogP contribution in [0.4, 0.5) is 0 Å². The van der Waals surface area contributed by atoms with E-state index < -0.39 is 9.84 Å². The Labute approximate surface area is 84.1 Å². The number of hydrogen-bond donors (Lipinski definition) is 1. The summed E-state index contributed by atoms with van der Waals surface area (Å²) in [5.74, 6) is 0.163. The zero-order valence-electron chi connectivity index (χ0n) is 8.10. The van der Waals surface area contributed by atoms with Crippen molar-refractivity contribution >= 4 is 9.84 Å². The molecule has 0 bridgehead atoms. The normalized spacial score (nSPS) is 11.6. The molecule has 1 aromatic heterocycles. The van der Waals surface area contributed by atoms with Gasteiger partial charge in [-0.1, -0.05) is 6.92 Å². The molecule has 14 heavy (non-hydrogen) atoms. The van der Waals surface area contributed by atoms with Crippen molar-refractivity contribution in [2.24, 2.45) is 5.73 Å². The lowest BCUT2D eigenvalue weighted by atomic mass is 10.4. The van der Waals surface area contributed by atoms with Crippen molar-refractivity contribution in [3.8, 4) is 0 Å². The average molecular weight is 214 g/mol. The Balaban J connectivity index is 2.97. The average Bonchev–Trinajstić information content (AvgIpc) is 2.18. The first-order chi connectivity index (χ1) is 6.60. The molecule has 0 fully saturated rings. The van der Waals surface area contributed by atoms with E-state index in [1.807, 2.05) is 6.92 Å². The summed E-state index contributed by atoms with van der Waals surface area (Å²) in [6, 6.07) is 3.20. The largest absolute Gasteiger partial charge is 0.325 e. The van der Waals surface area contributed by atoms with E-state index in [4.69, 9.17) is 5.73 Å². The molecule has 0 aliphatic heterocycles. The van der Waals surface area contributed by atoms with Crippen LogP contribution >= 0.6 is 0 Å². The van der Waals surface area contributed by atoms with Gasteiger partial charge in [0.2, 0.25) is 0 Å². The molecule has 1 rings (SSSR count). The molecule has 0 saturated carbocycles. The Bertz CT molecular complexity index is 384. The van der Waals surface area contributed by atoms with Crippen molar-refractivity contribution in [1.29, 1.82) is 0 Å². The monoisotopic (exact) mass is 214 g/mol. The van der Waals surface area contributed by atoms with Gasteiger partial charge in [0.1, 0.15) is 0 Å². The maximum atomic E-state index is 11.6. The van der Waals surface area contributed by atoms with Gasteiger partial charge in [0, 0.05) is 12.7 Å². The second kappa shape index (κ2) is 4.52. The highest BCUT2D eigenvalue weighted by Crippen LogP contribution is 2.10. The van der Waals surface area contributed by atoms with E-state index >= 15 is 0 Å². The third-order valence-corrected chi connectivity index (χ3v) is 3.74. The lowest BCUT2D eigenvalue weighted by molar-refractivity contribution is 0.594. The van der Waals surface area contributed by atoms with Crippen molar-refractivity contribution in [1.82, 2.24) is 4.98 Å². The summed E-state index contributed by atoms with van der Waals surface area (Å²) in [7, 11) is -3.14. The summed E-state index contributed by atoms with van der Waals surface area (Å²) in [4.78, 5) is 4.22. The number of nitrogens with zero attached hydrogens (tertiary/aromatic N) is 1. The fourth-order valence-electron chi connectivity index (χ4n) is 1.10. The molecule has 4 nitrogen and oxygen atoms in total. The van der Waals surface area contributed by atoms with Crippen LogP contribution in [0, 0.1) is 0 Å². The highest BCUT2D eigenvalue weighted by molar-refractivity contribution is 7.91. The number of pyridine rings is 1. The SMILES string of the molecule is CCCS(=O)(=O)c1ccc(CN)nc1. The fraction of sp³-hybridized carbons (Fsp3) is 0.444. The molecule has 0 aromatic carbocycles. The molecule has 0 aliphatic carbocycles. The molecule has 1 heterocycles. The van der Waals surface area contributed by atoms with Crippen LogP contribution in [0.25, 0.3) is 0 Å². The van der Waals surface area contributed by atoms with Crippen LogP contribution in [-0.2, 0) is 16.4 Å².